The van der Waals surface area contributed by atoms with E-state index in [1.54, 1.807) is 16.6 Å². The lowest BCUT2D eigenvalue weighted by Gasteiger charge is -2.35. The van der Waals surface area contributed by atoms with E-state index in [-0.39, 0.29) is 17.4 Å². The molecule has 3 heterocycles. The standard InChI is InChI=1S/C22H22FN5O/c1-13-4-3-5-18(14(13)2)27-11-10-17-19(21(27)29)20(15-6-8-16(23)9-7-15)28-22(26-17)24-12-25-28/h6-14,18H,3-5H2,1-2H3. The first kappa shape index (κ1) is 18.0. The summed E-state index contributed by atoms with van der Waals surface area (Å²) >= 11 is 0. The SMILES string of the molecule is CC1CCCC(n2ccc3nc4ncnn4c(-c4ccc(F)cc4)c3c2=O)C1C. The number of benzene rings is 1. The number of rotatable bonds is 2. The number of pyridine rings is 1. The van der Waals surface area contributed by atoms with Gasteiger partial charge in [0, 0.05) is 17.8 Å². The fraction of sp³-hybridized carbons (Fsp3) is 0.364. The Morgan fingerprint density at radius 3 is 2.69 bits per heavy atom. The summed E-state index contributed by atoms with van der Waals surface area (Å²) in [5.41, 5.74) is 1.79. The molecule has 1 fully saturated rings. The molecule has 29 heavy (non-hydrogen) atoms. The summed E-state index contributed by atoms with van der Waals surface area (Å²) < 4.78 is 16.9. The highest BCUT2D eigenvalue weighted by Gasteiger charge is 2.30. The van der Waals surface area contributed by atoms with Crippen LogP contribution >= 0.6 is 0 Å². The maximum Gasteiger partial charge on any atom is 0.262 e. The smallest absolute Gasteiger partial charge is 0.262 e. The van der Waals surface area contributed by atoms with Crippen molar-refractivity contribution in [3.8, 4) is 11.3 Å². The van der Waals surface area contributed by atoms with Gasteiger partial charge in [-0.05, 0) is 48.6 Å². The van der Waals surface area contributed by atoms with Crippen LogP contribution in [-0.4, -0.2) is 24.1 Å². The Morgan fingerprint density at radius 2 is 1.90 bits per heavy atom. The average Bonchev–Trinajstić information content (AvgIpc) is 3.18. The Kier molecular flexibility index (Phi) is 4.19. The van der Waals surface area contributed by atoms with E-state index in [1.165, 1.54) is 24.9 Å². The van der Waals surface area contributed by atoms with Crippen molar-refractivity contribution >= 4 is 16.7 Å². The lowest BCUT2D eigenvalue weighted by atomic mass is 9.78. The molecule has 7 heteroatoms. The Labute approximate surface area is 167 Å². The van der Waals surface area contributed by atoms with Crippen LogP contribution in [0, 0.1) is 17.7 Å². The molecule has 0 spiro atoms. The first-order valence-corrected chi connectivity index (χ1v) is 10.0. The summed E-state index contributed by atoms with van der Waals surface area (Å²) in [7, 11) is 0. The number of fused-ring (bicyclic) bond motifs is 2. The van der Waals surface area contributed by atoms with Crippen LogP contribution in [0.5, 0.6) is 0 Å². The third kappa shape index (κ3) is 2.84. The van der Waals surface area contributed by atoms with E-state index < -0.39 is 0 Å². The lowest BCUT2D eigenvalue weighted by molar-refractivity contribution is 0.183. The number of aromatic nitrogens is 5. The molecule has 1 saturated carbocycles. The van der Waals surface area contributed by atoms with E-state index >= 15 is 0 Å². The Balaban J connectivity index is 1.82. The molecule has 148 valence electrons. The van der Waals surface area contributed by atoms with E-state index in [2.05, 4.69) is 28.9 Å². The third-order valence-corrected chi connectivity index (χ3v) is 6.44. The number of nitrogens with zero attached hydrogens (tertiary/aromatic N) is 5. The number of hydrogen-bond acceptors (Lipinski definition) is 4. The van der Waals surface area contributed by atoms with Gasteiger partial charge in [0.25, 0.3) is 11.3 Å². The molecule has 1 aliphatic rings. The molecule has 4 aromatic rings. The maximum absolute atomic E-state index is 13.7. The molecule has 0 N–H and O–H groups in total. The highest BCUT2D eigenvalue weighted by atomic mass is 19.1. The van der Waals surface area contributed by atoms with Crippen LogP contribution in [-0.2, 0) is 0 Å². The van der Waals surface area contributed by atoms with Crippen molar-refractivity contribution in [1.29, 1.82) is 0 Å². The highest BCUT2D eigenvalue weighted by molar-refractivity contribution is 5.93. The van der Waals surface area contributed by atoms with Gasteiger partial charge in [-0.3, -0.25) is 4.79 Å². The van der Waals surface area contributed by atoms with Crippen LogP contribution in [0.3, 0.4) is 0 Å². The molecule has 3 unspecified atom stereocenters. The molecule has 0 saturated heterocycles. The van der Waals surface area contributed by atoms with Gasteiger partial charge in [-0.15, -0.1) is 0 Å². The van der Waals surface area contributed by atoms with Crippen LogP contribution in [0.1, 0.15) is 39.2 Å². The summed E-state index contributed by atoms with van der Waals surface area (Å²) in [6, 6.07) is 8.13. The monoisotopic (exact) mass is 391 g/mol. The average molecular weight is 391 g/mol. The van der Waals surface area contributed by atoms with Gasteiger partial charge in [0.15, 0.2) is 0 Å². The molecule has 1 aliphatic carbocycles. The number of halogens is 1. The first-order valence-electron chi connectivity index (χ1n) is 10.0. The predicted octanol–water partition coefficient (Wildman–Crippen LogP) is 4.24. The van der Waals surface area contributed by atoms with E-state index in [4.69, 9.17) is 0 Å². The van der Waals surface area contributed by atoms with Gasteiger partial charge in [-0.1, -0.05) is 26.7 Å². The largest absolute Gasteiger partial charge is 0.311 e. The summed E-state index contributed by atoms with van der Waals surface area (Å²) in [6.45, 7) is 4.48. The lowest BCUT2D eigenvalue weighted by Crippen LogP contribution is -2.33. The van der Waals surface area contributed by atoms with E-state index in [1.807, 2.05) is 16.8 Å². The molecule has 0 amide bonds. The molecule has 3 aromatic heterocycles. The molecule has 0 bridgehead atoms. The van der Waals surface area contributed by atoms with Crippen molar-refractivity contribution in [2.24, 2.45) is 11.8 Å². The normalized spacial score (nSPS) is 22.4. The molecule has 0 aliphatic heterocycles. The van der Waals surface area contributed by atoms with E-state index in [0.717, 1.165) is 12.8 Å². The zero-order chi connectivity index (χ0) is 20.1. The van der Waals surface area contributed by atoms with Crippen LogP contribution in [0.2, 0.25) is 0 Å². The van der Waals surface area contributed by atoms with Gasteiger partial charge >= 0.3 is 0 Å². The zero-order valence-electron chi connectivity index (χ0n) is 16.4. The Bertz CT molecular complexity index is 1260. The van der Waals surface area contributed by atoms with Crippen molar-refractivity contribution in [2.45, 2.75) is 39.2 Å². The molecule has 0 radical (unpaired) electrons. The van der Waals surface area contributed by atoms with E-state index in [0.29, 0.717) is 39.8 Å². The van der Waals surface area contributed by atoms with Crippen molar-refractivity contribution in [1.82, 2.24) is 24.1 Å². The summed E-state index contributed by atoms with van der Waals surface area (Å²) in [4.78, 5) is 22.4. The van der Waals surface area contributed by atoms with Crippen LogP contribution < -0.4 is 5.56 Å². The fourth-order valence-corrected chi connectivity index (χ4v) is 4.62. The first-order chi connectivity index (χ1) is 14.0. The molecular weight excluding hydrogens is 369 g/mol. The quantitative estimate of drug-likeness (QED) is 0.513. The summed E-state index contributed by atoms with van der Waals surface area (Å²) in [5.74, 6) is 1.07. The van der Waals surface area contributed by atoms with Crippen molar-refractivity contribution in [3.05, 3.63) is 59.0 Å². The highest BCUT2D eigenvalue weighted by Crippen LogP contribution is 2.37. The minimum atomic E-state index is -0.329. The second kappa shape index (κ2) is 6.76. The van der Waals surface area contributed by atoms with Gasteiger partial charge < -0.3 is 4.57 Å². The van der Waals surface area contributed by atoms with E-state index in [9.17, 15) is 9.18 Å². The Morgan fingerprint density at radius 1 is 1.10 bits per heavy atom. The van der Waals surface area contributed by atoms with Crippen LogP contribution in [0.15, 0.2) is 47.7 Å². The number of hydrogen-bond donors (Lipinski definition) is 0. The molecule has 3 atom stereocenters. The minimum Gasteiger partial charge on any atom is -0.311 e. The second-order valence-electron chi connectivity index (χ2n) is 8.06. The van der Waals surface area contributed by atoms with Crippen LogP contribution in [0.25, 0.3) is 27.9 Å². The fourth-order valence-electron chi connectivity index (χ4n) is 4.62. The van der Waals surface area contributed by atoms with Gasteiger partial charge in [0.1, 0.15) is 12.1 Å². The van der Waals surface area contributed by atoms with Gasteiger partial charge in [-0.25, -0.2) is 9.37 Å². The van der Waals surface area contributed by atoms with Crippen molar-refractivity contribution < 1.29 is 4.39 Å². The second-order valence-corrected chi connectivity index (χ2v) is 8.06. The van der Waals surface area contributed by atoms with Crippen molar-refractivity contribution in [2.75, 3.05) is 0 Å². The predicted molar refractivity (Wildman–Crippen MR) is 109 cm³/mol. The summed E-state index contributed by atoms with van der Waals surface area (Å²) in [5, 5.41) is 4.77. The van der Waals surface area contributed by atoms with Crippen molar-refractivity contribution in [3.63, 3.8) is 0 Å². The third-order valence-electron chi connectivity index (χ3n) is 6.44. The van der Waals surface area contributed by atoms with Gasteiger partial charge in [0.2, 0.25) is 0 Å². The summed E-state index contributed by atoms with van der Waals surface area (Å²) in [6.07, 6.45) is 6.57. The zero-order valence-corrected chi connectivity index (χ0v) is 16.4. The minimum absolute atomic E-state index is 0.0855. The molecular formula is C22H22FN5O. The maximum atomic E-state index is 13.7. The molecule has 6 nitrogen and oxygen atoms in total. The van der Waals surface area contributed by atoms with Gasteiger partial charge in [0.05, 0.1) is 16.6 Å². The molecule has 5 rings (SSSR count). The topological polar surface area (TPSA) is 65.1 Å². The van der Waals surface area contributed by atoms with Crippen LogP contribution in [0.4, 0.5) is 4.39 Å². The van der Waals surface area contributed by atoms with Gasteiger partial charge in [-0.2, -0.15) is 14.6 Å². The molecule has 1 aromatic carbocycles. The Hall–Kier alpha value is -3.09.